The number of benzene rings is 2. The summed E-state index contributed by atoms with van der Waals surface area (Å²) < 4.78 is 21.0. The lowest BCUT2D eigenvalue weighted by atomic mass is 10.2. The smallest absolute Gasteiger partial charge is 0.407 e. The fourth-order valence-corrected chi connectivity index (χ4v) is 3.51. The van der Waals surface area contributed by atoms with Gasteiger partial charge in [0.1, 0.15) is 23.4 Å². The number of ether oxygens (including phenoxy) is 1. The average molecular weight is 409 g/mol. The predicted octanol–water partition coefficient (Wildman–Crippen LogP) is 3.13. The first-order chi connectivity index (χ1) is 14.5. The molecule has 8 nitrogen and oxygen atoms in total. The van der Waals surface area contributed by atoms with Gasteiger partial charge in [0.25, 0.3) is 0 Å². The Balaban J connectivity index is 1.42. The van der Waals surface area contributed by atoms with Crippen LogP contribution in [0.15, 0.2) is 42.6 Å². The van der Waals surface area contributed by atoms with E-state index in [2.05, 4.69) is 10.00 Å². The number of amides is 1. The van der Waals surface area contributed by atoms with Crippen LogP contribution in [0.4, 0.5) is 9.18 Å². The first-order valence-electron chi connectivity index (χ1n) is 9.57. The van der Waals surface area contributed by atoms with Crippen LogP contribution in [-0.2, 0) is 6.54 Å². The van der Waals surface area contributed by atoms with E-state index < -0.39 is 11.9 Å². The Labute approximate surface area is 172 Å². The first kappa shape index (κ1) is 19.7. The third-order valence-corrected chi connectivity index (χ3v) is 5.17. The van der Waals surface area contributed by atoms with E-state index in [1.54, 1.807) is 12.3 Å². The van der Waals surface area contributed by atoms with Gasteiger partial charge >= 0.3 is 6.09 Å². The fourth-order valence-electron chi connectivity index (χ4n) is 3.51. The van der Waals surface area contributed by atoms with E-state index >= 15 is 0 Å². The molecule has 1 aliphatic heterocycles. The molecule has 0 atom stereocenters. The molecule has 1 amide bonds. The summed E-state index contributed by atoms with van der Waals surface area (Å²) in [5.41, 5.74) is 1.08. The van der Waals surface area contributed by atoms with Gasteiger partial charge in [0, 0.05) is 38.1 Å². The van der Waals surface area contributed by atoms with Crippen LogP contribution in [0.2, 0.25) is 0 Å². The maximum atomic E-state index is 13.3. The molecule has 0 unspecified atom stereocenters. The highest BCUT2D eigenvalue weighted by atomic mass is 19.1. The molecule has 3 aromatic rings. The van der Waals surface area contributed by atoms with Gasteiger partial charge < -0.3 is 14.7 Å². The summed E-state index contributed by atoms with van der Waals surface area (Å²) in [6.07, 6.45) is 0.883. The molecule has 0 spiro atoms. The SMILES string of the molecule is N#Cc1cc(F)ccc1Oc1ccc2c(cnn2CCN2CCN(C(=O)O)CC2)c1. The molecule has 1 aromatic heterocycles. The summed E-state index contributed by atoms with van der Waals surface area (Å²) in [4.78, 5) is 14.7. The monoisotopic (exact) mass is 409 g/mol. The van der Waals surface area contributed by atoms with Gasteiger partial charge in [0.2, 0.25) is 0 Å². The highest BCUT2D eigenvalue weighted by Gasteiger charge is 2.20. The van der Waals surface area contributed by atoms with E-state index in [0.717, 1.165) is 23.5 Å². The van der Waals surface area contributed by atoms with Crippen LogP contribution in [0.5, 0.6) is 11.5 Å². The van der Waals surface area contributed by atoms with Crippen LogP contribution in [0.25, 0.3) is 10.9 Å². The summed E-state index contributed by atoms with van der Waals surface area (Å²) in [6.45, 7) is 3.93. The number of aromatic nitrogens is 2. The number of hydrogen-bond acceptors (Lipinski definition) is 5. The number of carbonyl (C=O) groups is 1. The minimum Gasteiger partial charge on any atom is -0.465 e. The van der Waals surface area contributed by atoms with Crippen molar-refractivity contribution in [3.63, 3.8) is 0 Å². The van der Waals surface area contributed by atoms with Crippen molar-refractivity contribution in [1.29, 1.82) is 5.26 Å². The van der Waals surface area contributed by atoms with Crippen LogP contribution in [0.1, 0.15) is 5.56 Å². The molecule has 1 saturated heterocycles. The zero-order valence-corrected chi connectivity index (χ0v) is 16.2. The van der Waals surface area contributed by atoms with E-state index in [-0.39, 0.29) is 5.56 Å². The lowest BCUT2D eigenvalue weighted by Gasteiger charge is -2.32. The molecule has 4 rings (SSSR count). The summed E-state index contributed by atoms with van der Waals surface area (Å²) >= 11 is 0. The molecule has 9 heteroatoms. The van der Waals surface area contributed by atoms with Crippen molar-refractivity contribution in [2.24, 2.45) is 0 Å². The van der Waals surface area contributed by atoms with Crippen LogP contribution >= 0.6 is 0 Å². The van der Waals surface area contributed by atoms with Gasteiger partial charge in [-0.3, -0.25) is 9.58 Å². The molecule has 0 bridgehead atoms. The number of nitriles is 1. The Bertz CT molecular complexity index is 1120. The van der Waals surface area contributed by atoms with Crippen molar-refractivity contribution in [1.82, 2.24) is 19.6 Å². The highest BCUT2D eigenvalue weighted by Crippen LogP contribution is 2.28. The largest absolute Gasteiger partial charge is 0.465 e. The second-order valence-electron chi connectivity index (χ2n) is 7.05. The quantitative estimate of drug-likeness (QED) is 0.696. The summed E-state index contributed by atoms with van der Waals surface area (Å²) in [5.74, 6) is 0.348. The van der Waals surface area contributed by atoms with E-state index in [4.69, 9.17) is 15.1 Å². The Morgan fingerprint density at radius 3 is 2.70 bits per heavy atom. The van der Waals surface area contributed by atoms with Crippen molar-refractivity contribution < 1.29 is 19.0 Å². The second kappa shape index (κ2) is 8.39. The molecular formula is C21H20FN5O3. The minimum atomic E-state index is -0.867. The van der Waals surface area contributed by atoms with Crippen LogP contribution in [0, 0.1) is 17.1 Å². The van der Waals surface area contributed by atoms with Crippen molar-refractivity contribution in [3.05, 3.63) is 54.0 Å². The third-order valence-electron chi connectivity index (χ3n) is 5.17. The van der Waals surface area contributed by atoms with Crippen LogP contribution in [-0.4, -0.2) is 63.5 Å². The molecule has 1 aliphatic rings. The normalized spacial score (nSPS) is 14.6. The molecule has 30 heavy (non-hydrogen) atoms. The zero-order chi connectivity index (χ0) is 21.1. The molecule has 0 saturated carbocycles. The maximum absolute atomic E-state index is 13.3. The van der Waals surface area contributed by atoms with E-state index in [1.165, 1.54) is 17.0 Å². The number of hydrogen-bond donors (Lipinski definition) is 1. The van der Waals surface area contributed by atoms with Gasteiger partial charge in [-0.25, -0.2) is 9.18 Å². The fraction of sp³-hybridized carbons (Fsp3) is 0.286. The summed E-state index contributed by atoms with van der Waals surface area (Å²) in [6, 6.07) is 11.3. The predicted molar refractivity (Wildman–Crippen MR) is 107 cm³/mol. The lowest BCUT2D eigenvalue weighted by molar-refractivity contribution is 0.104. The highest BCUT2D eigenvalue weighted by molar-refractivity contribution is 5.80. The summed E-state index contributed by atoms with van der Waals surface area (Å²) in [7, 11) is 0. The molecule has 2 heterocycles. The Kier molecular flexibility index (Phi) is 5.50. The van der Waals surface area contributed by atoms with Gasteiger partial charge in [0.05, 0.1) is 23.8 Å². The van der Waals surface area contributed by atoms with Gasteiger partial charge in [0.15, 0.2) is 0 Å². The van der Waals surface area contributed by atoms with E-state index in [9.17, 15) is 9.18 Å². The number of carboxylic acid groups (broad SMARTS) is 1. The first-order valence-corrected chi connectivity index (χ1v) is 9.57. The van der Waals surface area contributed by atoms with Gasteiger partial charge in [-0.05, 0) is 36.4 Å². The van der Waals surface area contributed by atoms with E-state index in [0.29, 0.717) is 44.2 Å². The van der Waals surface area contributed by atoms with Crippen LogP contribution < -0.4 is 4.74 Å². The molecule has 0 aliphatic carbocycles. The topological polar surface area (TPSA) is 94.6 Å². The average Bonchev–Trinajstić information content (AvgIpc) is 3.16. The molecule has 0 radical (unpaired) electrons. The van der Waals surface area contributed by atoms with Crippen molar-refractivity contribution in [3.8, 4) is 17.6 Å². The maximum Gasteiger partial charge on any atom is 0.407 e. The van der Waals surface area contributed by atoms with Crippen LogP contribution in [0.3, 0.4) is 0 Å². The molecule has 1 N–H and O–H groups in total. The van der Waals surface area contributed by atoms with Crippen molar-refractivity contribution >= 4 is 17.0 Å². The van der Waals surface area contributed by atoms with E-state index in [1.807, 2.05) is 22.9 Å². The number of rotatable bonds is 5. The summed E-state index contributed by atoms with van der Waals surface area (Å²) in [5, 5.41) is 23.5. The number of halogens is 1. The standard InChI is InChI=1S/C21H20FN5O3/c22-17-1-4-20(15(11-17)13-23)30-18-2-3-19-16(12-18)14-24-27(19)10-7-25-5-8-26(9-6-25)21(28)29/h1-4,11-12,14H,5-10H2,(H,28,29). The van der Waals surface area contributed by atoms with Gasteiger partial charge in [-0.1, -0.05) is 0 Å². The van der Waals surface area contributed by atoms with Crippen molar-refractivity contribution in [2.75, 3.05) is 32.7 Å². The Morgan fingerprint density at radius 2 is 1.97 bits per heavy atom. The zero-order valence-electron chi connectivity index (χ0n) is 16.2. The van der Waals surface area contributed by atoms with Gasteiger partial charge in [-0.15, -0.1) is 0 Å². The molecular weight excluding hydrogens is 389 g/mol. The second-order valence-corrected chi connectivity index (χ2v) is 7.05. The van der Waals surface area contributed by atoms with Gasteiger partial charge in [-0.2, -0.15) is 10.4 Å². The molecule has 1 fully saturated rings. The van der Waals surface area contributed by atoms with Crippen molar-refractivity contribution in [2.45, 2.75) is 6.54 Å². The number of fused-ring (bicyclic) bond motifs is 1. The molecule has 2 aromatic carbocycles. The third kappa shape index (κ3) is 4.18. The minimum absolute atomic E-state index is 0.133. The molecule has 154 valence electrons. The Morgan fingerprint density at radius 1 is 1.17 bits per heavy atom. The number of piperazine rings is 1. The Hall–Kier alpha value is -3.64. The lowest BCUT2D eigenvalue weighted by Crippen LogP contribution is -2.48. The number of nitrogens with zero attached hydrogens (tertiary/aromatic N) is 5.